The van der Waals surface area contributed by atoms with Gasteiger partial charge in [-0.05, 0) is 36.8 Å². The van der Waals surface area contributed by atoms with Crippen molar-refractivity contribution in [1.29, 1.82) is 0 Å². The van der Waals surface area contributed by atoms with Gasteiger partial charge in [-0.1, -0.05) is 29.8 Å². The third-order valence-corrected chi connectivity index (χ3v) is 4.30. The first kappa shape index (κ1) is 16.0. The molecular weight excluding hydrogens is 310 g/mol. The van der Waals surface area contributed by atoms with E-state index < -0.39 is 0 Å². The molecule has 2 heterocycles. The SMILES string of the molecule is Cc1cccc(C(=O)N2CCN(Cc3cccc(Cl)c3)CC2)n1. The van der Waals surface area contributed by atoms with Gasteiger partial charge in [-0.15, -0.1) is 0 Å². The highest BCUT2D eigenvalue weighted by Crippen LogP contribution is 2.14. The predicted octanol–water partition coefficient (Wildman–Crippen LogP) is 3.00. The molecule has 1 aliphatic heterocycles. The molecule has 4 nitrogen and oxygen atoms in total. The number of benzene rings is 1. The van der Waals surface area contributed by atoms with E-state index in [9.17, 15) is 4.79 Å². The lowest BCUT2D eigenvalue weighted by molar-refractivity contribution is 0.0622. The van der Waals surface area contributed by atoms with Crippen molar-refractivity contribution in [3.63, 3.8) is 0 Å². The van der Waals surface area contributed by atoms with Crippen LogP contribution in [0.2, 0.25) is 5.02 Å². The topological polar surface area (TPSA) is 36.4 Å². The van der Waals surface area contributed by atoms with Crippen LogP contribution in [0, 0.1) is 6.92 Å². The fourth-order valence-electron chi connectivity index (χ4n) is 2.83. The van der Waals surface area contributed by atoms with Gasteiger partial charge in [0.15, 0.2) is 0 Å². The maximum absolute atomic E-state index is 12.5. The summed E-state index contributed by atoms with van der Waals surface area (Å²) in [7, 11) is 0. The van der Waals surface area contributed by atoms with Crippen LogP contribution in [0.4, 0.5) is 0 Å². The molecule has 2 aromatic rings. The minimum absolute atomic E-state index is 0.0242. The normalized spacial score (nSPS) is 15.7. The smallest absolute Gasteiger partial charge is 0.272 e. The summed E-state index contributed by atoms with van der Waals surface area (Å²) < 4.78 is 0. The lowest BCUT2D eigenvalue weighted by Crippen LogP contribution is -2.48. The third kappa shape index (κ3) is 4.09. The number of aromatic nitrogens is 1. The molecule has 0 radical (unpaired) electrons. The van der Waals surface area contributed by atoms with E-state index in [1.807, 2.05) is 42.2 Å². The predicted molar refractivity (Wildman–Crippen MR) is 91.6 cm³/mol. The number of pyridine rings is 1. The van der Waals surface area contributed by atoms with Gasteiger partial charge in [-0.25, -0.2) is 4.98 Å². The Morgan fingerprint density at radius 1 is 1.13 bits per heavy atom. The summed E-state index contributed by atoms with van der Waals surface area (Å²) in [5, 5.41) is 0.766. The third-order valence-electron chi connectivity index (χ3n) is 4.06. The summed E-state index contributed by atoms with van der Waals surface area (Å²) in [5.41, 5.74) is 2.61. The standard InChI is InChI=1S/C18H20ClN3O/c1-14-4-2-7-17(20-14)18(23)22-10-8-21(9-11-22)13-15-5-3-6-16(19)12-15/h2-7,12H,8-11,13H2,1H3. The van der Waals surface area contributed by atoms with Crippen LogP contribution in [0.5, 0.6) is 0 Å². The van der Waals surface area contributed by atoms with E-state index in [4.69, 9.17) is 11.6 Å². The minimum atomic E-state index is 0.0242. The summed E-state index contributed by atoms with van der Waals surface area (Å²) in [6.45, 7) is 5.96. The molecule has 1 aromatic carbocycles. The zero-order valence-electron chi connectivity index (χ0n) is 13.2. The monoisotopic (exact) mass is 329 g/mol. The molecule has 23 heavy (non-hydrogen) atoms. The highest BCUT2D eigenvalue weighted by Gasteiger charge is 2.22. The fourth-order valence-corrected chi connectivity index (χ4v) is 3.04. The highest BCUT2D eigenvalue weighted by atomic mass is 35.5. The molecule has 0 unspecified atom stereocenters. The van der Waals surface area contributed by atoms with Gasteiger partial charge in [0.05, 0.1) is 0 Å². The first-order valence-electron chi connectivity index (χ1n) is 7.81. The number of hydrogen-bond acceptors (Lipinski definition) is 3. The largest absolute Gasteiger partial charge is 0.335 e. The van der Waals surface area contributed by atoms with Crippen molar-refractivity contribution < 1.29 is 4.79 Å². The number of carbonyl (C=O) groups excluding carboxylic acids is 1. The van der Waals surface area contributed by atoms with Gasteiger partial charge in [0.25, 0.3) is 5.91 Å². The molecule has 1 fully saturated rings. The molecular formula is C18H20ClN3O. The number of piperazine rings is 1. The number of rotatable bonds is 3. The molecule has 1 amide bonds. The molecule has 0 N–H and O–H groups in total. The number of hydrogen-bond donors (Lipinski definition) is 0. The van der Waals surface area contributed by atoms with E-state index in [2.05, 4.69) is 16.0 Å². The second-order valence-electron chi connectivity index (χ2n) is 5.86. The molecule has 1 aromatic heterocycles. The molecule has 120 valence electrons. The first-order chi connectivity index (χ1) is 11.1. The zero-order valence-corrected chi connectivity index (χ0v) is 14.0. The zero-order chi connectivity index (χ0) is 16.2. The maximum atomic E-state index is 12.5. The number of halogens is 1. The average molecular weight is 330 g/mol. The maximum Gasteiger partial charge on any atom is 0.272 e. The highest BCUT2D eigenvalue weighted by molar-refractivity contribution is 6.30. The van der Waals surface area contributed by atoms with Crippen LogP contribution in [0.3, 0.4) is 0 Å². The van der Waals surface area contributed by atoms with Crippen LogP contribution >= 0.6 is 11.6 Å². The number of carbonyl (C=O) groups is 1. The summed E-state index contributed by atoms with van der Waals surface area (Å²) in [6.07, 6.45) is 0. The van der Waals surface area contributed by atoms with Crippen LogP contribution < -0.4 is 0 Å². The second-order valence-corrected chi connectivity index (χ2v) is 6.30. The molecule has 0 saturated carbocycles. The number of aryl methyl sites for hydroxylation is 1. The van der Waals surface area contributed by atoms with Crippen molar-refractivity contribution in [3.05, 3.63) is 64.4 Å². The van der Waals surface area contributed by atoms with Crippen LogP contribution in [0.1, 0.15) is 21.7 Å². The Kier molecular flexibility index (Phi) is 4.94. The first-order valence-corrected chi connectivity index (χ1v) is 8.19. The molecule has 1 saturated heterocycles. The van der Waals surface area contributed by atoms with Gasteiger partial charge in [-0.3, -0.25) is 9.69 Å². The van der Waals surface area contributed by atoms with Gasteiger partial charge in [-0.2, -0.15) is 0 Å². The molecule has 1 aliphatic rings. The Morgan fingerprint density at radius 2 is 1.87 bits per heavy atom. The van der Waals surface area contributed by atoms with Crippen molar-refractivity contribution in [2.24, 2.45) is 0 Å². The van der Waals surface area contributed by atoms with E-state index in [0.717, 1.165) is 43.4 Å². The summed E-state index contributed by atoms with van der Waals surface area (Å²) >= 11 is 6.03. The fraction of sp³-hybridized carbons (Fsp3) is 0.333. The summed E-state index contributed by atoms with van der Waals surface area (Å²) in [6, 6.07) is 13.5. The van der Waals surface area contributed by atoms with Crippen molar-refractivity contribution in [3.8, 4) is 0 Å². The van der Waals surface area contributed by atoms with Crippen LogP contribution in [-0.4, -0.2) is 46.9 Å². The molecule has 3 rings (SSSR count). The Labute approximate surface area is 141 Å². The summed E-state index contributed by atoms with van der Waals surface area (Å²) in [5.74, 6) is 0.0242. The van der Waals surface area contributed by atoms with Crippen molar-refractivity contribution in [2.45, 2.75) is 13.5 Å². The van der Waals surface area contributed by atoms with Gasteiger partial charge in [0.2, 0.25) is 0 Å². The molecule has 0 aliphatic carbocycles. The average Bonchev–Trinajstić information content (AvgIpc) is 2.55. The molecule has 0 bridgehead atoms. The Bertz CT molecular complexity index is 696. The van der Waals surface area contributed by atoms with Gasteiger partial charge in [0.1, 0.15) is 5.69 Å². The van der Waals surface area contributed by atoms with Crippen LogP contribution in [0.25, 0.3) is 0 Å². The van der Waals surface area contributed by atoms with Gasteiger partial charge in [0, 0.05) is 43.4 Å². The van der Waals surface area contributed by atoms with Crippen LogP contribution in [0.15, 0.2) is 42.5 Å². The van der Waals surface area contributed by atoms with Crippen LogP contribution in [-0.2, 0) is 6.54 Å². The minimum Gasteiger partial charge on any atom is -0.335 e. The van der Waals surface area contributed by atoms with E-state index >= 15 is 0 Å². The Hall–Kier alpha value is -1.91. The molecule has 0 spiro atoms. The Balaban J connectivity index is 1.57. The van der Waals surface area contributed by atoms with Crippen molar-refractivity contribution in [2.75, 3.05) is 26.2 Å². The molecule has 5 heteroatoms. The number of nitrogens with zero attached hydrogens (tertiary/aromatic N) is 3. The summed E-state index contributed by atoms with van der Waals surface area (Å²) in [4.78, 5) is 21.0. The quantitative estimate of drug-likeness (QED) is 0.868. The van der Waals surface area contributed by atoms with E-state index in [-0.39, 0.29) is 5.91 Å². The molecule has 0 atom stereocenters. The van der Waals surface area contributed by atoms with Crippen molar-refractivity contribution >= 4 is 17.5 Å². The van der Waals surface area contributed by atoms with Crippen molar-refractivity contribution in [1.82, 2.24) is 14.8 Å². The number of amides is 1. The lowest BCUT2D eigenvalue weighted by atomic mass is 10.2. The van der Waals surface area contributed by atoms with Gasteiger partial charge >= 0.3 is 0 Å². The Morgan fingerprint density at radius 3 is 2.57 bits per heavy atom. The van der Waals surface area contributed by atoms with E-state index in [0.29, 0.717) is 5.69 Å². The lowest BCUT2D eigenvalue weighted by Gasteiger charge is -2.34. The van der Waals surface area contributed by atoms with E-state index in [1.54, 1.807) is 6.07 Å². The second kappa shape index (κ2) is 7.11. The van der Waals surface area contributed by atoms with E-state index in [1.165, 1.54) is 5.56 Å². The van der Waals surface area contributed by atoms with Gasteiger partial charge < -0.3 is 4.90 Å².